The number of ether oxygens (including phenoxy) is 1. The fraction of sp³-hybridized carbons (Fsp3) is 0.667. The number of hydrogen-bond acceptors (Lipinski definition) is 2. The van der Waals surface area contributed by atoms with Crippen LogP contribution in [0.3, 0.4) is 0 Å². The van der Waals surface area contributed by atoms with Crippen LogP contribution in [0.15, 0.2) is 12.1 Å². The zero-order valence-corrected chi connectivity index (χ0v) is 12.7. The van der Waals surface area contributed by atoms with Crippen LogP contribution < -0.4 is 0 Å². The number of aryl methyl sites for hydroxylation is 1. The van der Waals surface area contributed by atoms with E-state index in [-0.39, 0.29) is 11.5 Å². The molecule has 0 amide bonds. The molecule has 3 atom stereocenters. The zero-order chi connectivity index (χ0) is 14.1. The summed E-state index contributed by atoms with van der Waals surface area (Å²) >= 11 is 0. The first-order valence-corrected chi connectivity index (χ1v) is 7.90. The number of hydrogen-bond donors (Lipinski definition) is 1. The van der Waals surface area contributed by atoms with E-state index in [9.17, 15) is 5.11 Å². The van der Waals surface area contributed by atoms with Gasteiger partial charge >= 0.3 is 0 Å². The van der Waals surface area contributed by atoms with E-state index in [4.69, 9.17) is 4.74 Å². The molecule has 1 saturated carbocycles. The highest BCUT2D eigenvalue weighted by atomic mass is 16.5. The molecule has 20 heavy (non-hydrogen) atoms. The summed E-state index contributed by atoms with van der Waals surface area (Å²) in [5.74, 6) is 1.14. The van der Waals surface area contributed by atoms with E-state index in [0.29, 0.717) is 17.1 Å². The molecule has 1 N–H and O–H groups in total. The van der Waals surface area contributed by atoms with Gasteiger partial charge in [0.15, 0.2) is 0 Å². The normalized spacial score (nSPS) is 37.4. The van der Waals surface area contributed by atoms with Gasteiger partial charge in [0, 0.05) is 5.41 Å². The topological polar surface area (TPSA) is 29.5 Å². The van der Waals surface area contributed by atoms with E-state index in [0.717, 1.165) is 18.6 Å². The van der Waals surface area contributed by atoms with E-state index >= 15 is 0 Å². The molecule has 2 heterocycles. The average Bonchev–Trinajstić information content (AvgIpc) is 2.40. The Morgan fingerprint density at radius 3 is 2.85 bits per heavy atom. The van der Waals surface area contributed by atoms with Crippen molar-refractivity contribution in [3.05, 3.63) is 28.8 Å². The van der Waals surface area contributed by atoms with Gasteiger partial charge in [-0.25, -0.2) is 0 Å². The van der Waals surface area contributed by atoms with Gasteiger partial charge in [0.25, 0.3) is 0 Å². The smallest absolute Gasteiger partial charge is 0.118 e. The van der Waals surface area contributed by atoms with E-state index < -0.39 is 0 Å². The van der Waals surface area contributed by atoms with Crippen LogP contribution in [0.25, 0.3) is 0 Å². The van der Waals surface area contributed by atoms with Crippen molar-refractivity contribution < 1.29 is 9.84 Å². The molecule has 5 rings (SSSR count). The number of aromatic hydroxyl groups is 1. The number of fused-ring (bicyclic) bond motifs is 1. The molecule has 2 aliphatic heterocycles. The van der Waals surface area contributed by atoms with Crippen molar-refractivity contribution in [2.24, 2.45) is 11.3 Å². The molecule has 1 saturated heterocycles. The summed E-state index contributed by atoms with van der Waals surface area (Å²) in [6.07, 6.45) is 5.20. The predicted octanol–water partition coefficient (Wildman–Crippen LogP) is 4.24. The monoisotopic (exact) mass is 272 g/mol. The lowest BCUT2D eigenvalue weighted by Crippen LogP contribution is -2.56. The number of phenols is 1. The van der Waals surface area contributed by atoms with Crippen molar-refractivity contribution in [2.75, 3.05) is 6.61 Å². The fourth-order valence-corrected chi connectivity index (χ4v) is 5.24. The lowest BCUT2D eigenvalue weighted by atomic mass is 9.48. The van der Waals surface area contributed by atoms with Crippen molar-refractivity contribution in [3.8, 4) is 5.75 Å². The lowest BCUT2D eigenvalue weighted by molar-refractivity contribution is -0.136. The van der Waals surface area contributed by atoms with Gasteiger partial charge in [-0.2, -0.15) is 0 Å². The standard InChI is InChI=1S/C18H24O2/c1-11-7-12-13(8-14(11)19)18-6-4-5-17(2,3)16(18)9-15(12)20-10-18/h7-8,15-16,19H,4-6,9-10H2,1-3H3/t15?,16?,18-/m0/s1. The van der Waals surface area contributed by atoms with Gasteiger partial charge in [-0.3, -0.25) is 0 Å². The fourth-order valence-electron chi connectivity index (χ4n) is 5.24. The molecule has 2 bridgehead atoms. The Morgan fingerprint density at radius 2 is 2.05 bits per heavy atom. The maximum atomic E-state index is 10.2. The third-order valence-electron chi connectivity index (χ3n) is 6.30. The second kappa shape index (κ2) is 3.79. The van der Waals surface area contributed by atoms with E-state index in [2.05, 4.69) is 19.9 Å². The van der Waals surface area contributed by atoms with Crippen molar-refractivity contribution >= 4 is 0 Å². The first kappa shape index (κ1) is 12.7. The molecular formula is C18H24O2. The molecule has 2 unspecified atom stereocenters. The lowest BCUT2D eigenvalue weighted by Gasteiger charge is -2.60. The Kier molecular flexibility index (Phi) is 2.41. The molecule has 2 fully saturated rings. The van der Waals surface area contributed by atoms with Crippen LogP contribution in [0.4, 0.5) is 0 Å². The van der Waals surface area contributed by atoms with Gasteiger partial charge in [0.05, 0.1) is 12.7 Å². The zero-order valence-electron chi connectivity index (χ0n) is 12.7. The van der Waals surface area contributed by atoms with Gasteiger partial charge in [-0.15, -0.1) is 0 Å². The van der Waals surface area contributed by atoms with Crippen molar-refractivity contribution in [3.63, 3.8) is 0 Å². The number of benzene rings is 1. The Hall–Kier alpha value is -1.02. The van der Waals surface area contributed by atoms with E-state index in [1.807, 2.05) is 13.0 Å². The average molecular weight is 272 g/mol. The van der Waals surface area contributed by atoms with Crippen LogP contribution in [0.2, 0.25) is 0 Å². The SMILES string of the molecule is Cc1cc2c(cc1O)[C@@]13CCCC(C)(C)C1CC2OC3. The largest absolute Gasteiger partial charge is 0.508 e. The summed E-state index contributed by atoms with van der Waals surface area (Å²) in [6.45, 7) is 7.68. The third-order valence-corrected chi connectivity index (χ3v) is 6.30. The Bertz CT molecular complexity index is 575. The molecule has 2 heteroatoms. The molecule has 2 aliphatic carbocycles. The minimum atomic E-state index is 0.150. The minimum Gasteiger partial charge on any atom is -0.508 e. The molecule has 1 aromatic carbocycles. The van der Waals surface area contributed by atoms with Gasteiger partial charge in [0.2, 0.25) is 0 Å². The quantitative estimate of drug-likeness (QED) is 0.765. The van der Waals surface area contributed by atoms with E-state index in [1.165, 1.54) is 30.4 Å². The molecule has 0 radical (unpaired) electrons. The van der Waals surface area contributed by atoms with Crippen LogP contribution in [0, 0.1) is 18.3 Å². The summed E-state index contributed by atoms with van der Waals surface area (Å²) < 4.78 is 6.17. The maximum Gasteiger partial charge on any atom is 0.118 e. The summed E-state index contributed by atoms with van der Waals surface area (Å²) in [6, 6.07) is 4.21. The van der Waals surface area contributed by atoms with Gasteiger partial charge in [0.1, 0.15) is 5.75 Å². The van der Waals surface area contributed by atoms with Crippen LogP contribution >= 0.6 is 0 Å². The Balaban J connectivity index is 1.94. The summed E-state index contributed by atoms with van der Waals surface area (Å²) in [5, 5.41) is 10.2. The van der Waals surface area contributed by atoms with Gasteiger partial charge in [-0.05, 0) is 66.3 Å². The number of phenolic OH excluding ortho intramolecular Hbond substituents is 1. The second-order valence-electron chi connectivity index (χ2n) is 7.81. The summed E-state index contributed by atoms with van der Waals surface area (Å²) in [4.78, 5) is 0. The van der Waals surface area contributed by atoms with Crippen LogP contribution in [-0.4, -0.2) is 11.7 Å². The van der Waals surface area contributed by atoms with Crippen molar-refractivity contribution in [2.45, 2.75) is 58.0 Å². The van der Waals surface area contributed by atoms with Crippen LogP contribution in [-0.2, 0) is 10.2 Å². The molecule has 108 valence electrons. The highest BCUT2D eigenvalue weighted by Gasteiger charge is 2.58. The highest BCUT2D eigenvalue weighted by Crippen LogP contribution is 2.63. The predicted molar refractivity (Wildman–Crippen MR) is 79.0 cm³/mol. The Labute approximate surface area is 121 Å². The second-order valence-corrected chi connectivity index (χ2v) is 7.81. The molecule has 1 aromatic rings. The molecule has 0 aromatic heterocycles. The maximum absolute atomic E-state index is 10.2. The molecule has 1 spiro atoms. The third kappa shape index (κ3) is 1.43. The van der Waals surface area contributed by atoms with Crippen molar-refractivity contribution in [1.29, 1.82) is 0 Å². The molecular weight excluding hydrogens is 248 g/mol. The van der Waals surface area contributed by atoms with Gasteiger partial charge < -0.3 is 9.84 Å². The van der Waals surface area contributed by atoms with Gasteiger partial charge in [-0.1, -0.05) is 20.3 Å². The highest BCUT2D eigenvalue weighted by molar-refractivity contribution is 5.50. The summed E-state index contributed by atoms with van der Waals surface area (Å²) in [7, 11) is 0. The molecule has 2 nitrogen and oxygen atoms in total. The van der Waals surface area contributed by atoms with Crippen LogP contribution in [0.1, 0.15) is 62.3 Å². The molecule has 4 aliphatic rings. The summed E-state index contributed by atoms with van der Waals surface area (Å²) in [5.41, 5.74) is 4.25. The minimum absolute atomic E-state index is 0.150. The van der Waals surface area contributed by atoms with E-state index in [1.54, 1.807) is 0 Å². The van der Waals surface area contributed by atoms with Crippen molar-refractivity contribution in [1.82, 2.24) is 0 Å². The van der Waals surface area contributed by atoms with Crippen LogP contribution in [0.5, 0.6) is 5.75 Å². The first-order chi connectivity index (χ1) is 9.44. The number of rotatable bonds is 0. The first-order valence-electron chi connectivity index (χ1n) is 7.90. The Morgan fingerprint density at radius 1 is 1.25 bits per heavy atom.